The monoisotopic (exact) mass is 1020 g/mol. The molecule has 16 nitrogen and oxygen atoms in total. The summed E-state index contributed by atoms with van der Waals surface area (Å²) in [6.45, 7) is 30.9. The lowest BCUT2D eigenvalue weighted by molar-refractivity contribution is 0.00724. The number of hydrogen-bond donors (Lipinski definition) is 0. The lowest BCUT2D eigenvalue weighted by Crippen LogP contribution is -2.54. The summed E-state index contributed by atoms with van der Waals surface area (Å²) in [6, 6.07) is 8.26. The predicted octanol–water partition coefficient (Wildman–Crippen LogP) is 10.9. The Bertz CT molecular complexity index is 2000. The largest absolute Gasteiger partial charge is 0.490 e. The van der Waals surface area contributed by atoms with Crippen LogP contribution in [0.2, 0.25) is 5.02 Å². The van der Waals surface area contributed by atoms with Crippen molar-refractivity contribution in [2.45, 2.75) is 183 Å². The van der Waals surface area contributed by atoms with E-state index in [1.165, 1.54) is 0 Å². The number of carbonyl (C=O) groups excluding carboxylic acids is 4. The molecule has 2 fully saturated rings. The van der Waals surface area contributed by atoms with E-state index in [1.807, 2.05) is 107 Å². The molecule has 0 unspecified atom stereocenters. The molecule has 2 saturated heterocycles. The van der Waals surface area contributed by atoms with Gasteiger partial charge in [-0.2, -0.15) is 0 Å². The van der Waals surface area contributed by atoms with Gasteiger partial charge in [-0.3, -0.25) is 9.59 Å². The fraction of sp³-hybridized carbons (Fsp3) is 0.704. The number of methoxy groups -OCH3 is 2. The Kier molecular flexibility index (Phi) is 24.4. The Labute approximate surface area is 430 Å². The summed E-state index contributed by atoms with van der Waals surface area (Å²) < 4.78 is 45.1. The maximum Gasteiger partial charge on any atom is 0.410 e. The van der Waals surface area contributed by atoms with E-state index in [2.05, 4.69) is 0 Å². The average Bonchev–Trinajstić information content (AvgIpc) is 3.26. The summed E-state index contributed by atoms with van der Waals surface area (Å²) >= 11 is 6.62. The van der Waals surface area contributed by atoms with E-state index in [0.29, 0.717) is 98.2 Å². The SMILES string of the molecule is COCCCOc1cc(C(=O)N(C(C)C)[C@@H]2CCCN(C(=O)OC(C)(C)C)C2)c(Cl)cc1OC(C)C.COCCCOc1cc(C(=O)N(C(C)C)[C@@H]2CCCN(C(=O)OC(C)(C)C)C2)ccc1OC(C)C. The second-order valence-corrected chi connectivity index (χ2v) is 21.6. The summed E-state index contributed by atoms with van der Waals surface area (Å²) in [5, 5.41) is 0.297. The van der Waals surface area contributed by atoms with Crippen molar-refractivity contribution in [2.24, 2.45) is 0 Å². The molecule has 2 aromatic carbocycles. The molecule has 0 N–H and O–H groups in total. The molecule has 4 rings (SSSR count). The molecule has 402 valence electrons. The molecule has 0 aliphatic carbocycles. The molecule has 0 aromatic heterocycles. The number of likely N-dealkylation sites (tertiary alicyclic amines) is 2. The van der Waals surface area contributed by atoms with Crippen LogP contribution in [0.4, 0.5) is 9.59 Å². The van der Waals surface area contributed by atoms with Crippen molar-refractivity contribution < 1.29 is 57.1 Å². The van der Waals surface area contributed by atoms with Gasteiger partial charge in [0.25, 0.3) is 11.8 Å². The molecule has 0 radical (unpaired) electrons. The molecule has 17 heteroatoms. The highest BCUT2D eigenvalue weighted by Gasteiger charge is 2.37. The van der Waals surface area contributed by atoms with Crippen molar-refractivity contribution in [2.75, 3.05) is 66.8 Å². The van der Waals surface area contributed by atoms with Crippen LogP contribution in [0.1, 0.15) is 156 Å². The molecule has 4 amide bonds. The van der Waals surface area contributed by atoms with E-state index in [4.69, 9.17) is 49.5 Å². The number of nitrogens with zero attached hydrogens (tertiary/aromatic N) is 4. The first-order valence-corrected chi connectivity index (χ1v) is 25.8. The molecule has 2 aromatic rings. The van der Waals surface area contributed by atoms with Gasteiger partial charge >= 0.3 is 12.2 Å². The molecule has 0 saturated carbocycles. The van der Waals surface area contributed by atoms with Crippen LogP contribution in [0.15, 0.2) is 30.3 Å². The topological polar surface area (TPSA) is 155 Å². The molecule has 0 spiro atoms. The van der Waals surface area contributed by atoms with E-state index < -0.39 is 11.2 Å². The maximum atomic E-state index is 13.9. The normalized spacial score (nSPS) is 16.4. The Morgan fingerprint density at radius 2 is 1.04 bits per heavy atom. The van der Waals surface area contributed by atoms with Crippen LogP contribution in [0.3, 0.4) is 0 Å². The van der Waals surface area contributed by atoms with Gasteiger partial charge in [-0.25, -0.2) is 9.59 Å². The van der Waals surface area contributed by atoms with Gasteiger partial charge in [-0.15, -0.1) is 0 Å². The predicted molar refractivity (Wildman–Crippen MR) is 278 cm³/mol. The van der Waals surface area contributed by atoms with E-state index in [0.717, 1.165) is 32.1 Å². The lowest BCUT2D eigenvalue weighted by Gasteiger charge is -2.41. The Morgan fingerprint density at radius 1 is 0.606 bits per heavy atom. The molecular weight excluding hydrogens is 932 g/mol. The van der Waals surface area contributed by atoms with Gasteiger partial charge in [-0.05, 0) is 147 Å². The number of benzene rings is 2. The summed E-state index contributed by atoms with van der Waals surface area (Å²) in [7, 11) is 3.30. The second-order valence-electron chi connectivity index (χ2n) is 21.2. The number of hydrogen-bond acceptors (Lipinski definition) is 12. The van der Waals surface area contributed by atoms with Gasteiger partial charge in [0.2, 0.25) is 0 Å². The van der Waals surface area contributed by atoms with E-state index in [1.54, 1.807) is 54.4 Å². The summed E-state index contributed by atoms with van der Waals surface area (Å²) in [6.07, 6.45) is 3.85. The van der Waals surface area contributed by atoms with Crippen molar-refractivity contribution in [3.8, 4) is 23.0 Å². The molecule has 2 aliphatic rings. The molecule has 2 atom stereocenters. The molecular formula is C54H87ClN4O12. The van der Waals surface area contributed by atoms with Crippen molar-refractivity contribution in [3.63, 3.8) is 0 Å². The second kappa shape index (κ2) is 28.5. The first-order valence-electron chi connectivity index (χ1n) is 25.4. The fourth-order valence-electron chi connectivity index (χ4n) is 8.31. The van der Waals surface area contributed by atoms with Crippen LogP contribution in [-0.4, -0.2) is 158 Å². The first kappa shape index (κ1) is 60.6. The van der Waals surface area contributed by atoms with Crippen LogP contribution in [0.25, 0.3) is 0 Å². The highest BCUT2D eigenvalue weighted by Crippen LogP contribution is 2.37. The van der Waals surface area contributed by atoms with Crippen LogP contribution in [-0.2, 0) is 18.9 Å². The van der Waals surface area contributed by atoms with Gasteiger partial charge < -0.3 is 57.5 Å². The first-order chi connectivity index (χ1) is 33.3. The number of amides is 4. The van der Waals surface area contributed by atoms with Gasteiger partial charge in [-0.1, -0.05) is 11.6 Å². The van der Waals surface area contributed by atoms with Crippen LogP contribution in [0, 0.1) is 0 Å². The Morgan fingerprint density at radius 3 is 1.46 bits per heavy atom. The summed E-state index contributed by atoms with van der Waals surface area (Å²) in [5.74, 6) is 1.82. The maximum absolute atomic E-state index is 13.9. The summed E-state index contributed by atoms with van der Waals surface area (Å²) in [4.78, 5) is 60.1. The van der Waals surface area contributed by atoms with Crippen molar-refractivity contribution in [1.82, 2.24) is 19.6 Å². The highest BCUT2D eigenvalue weighted by atomic mass is 35.5. The summed E-state index contributed by atoms with van der Waals surface area (Å²) in [5.41, 5.74) is -0.259. The van der Waals surface area contributed by atoms with Gasteiger partial charge in [0, 0.05) is 90.2 Å². The molecule has 0 bridgehead atoms. The third-order valence-electron chi connectivity index (χ3n) is 11.1. The van der Waals surface area contributed by atoms with Crippen LogP contribution < -0.4 is 18.9 Å². The number of rotatable bonds is 20. The fourth-order valence-corrected chi connectivity index (χ4v) is 8.55. The van der Waals surface area contributed by atoms with Crippen LogP contribution in [0.5, 0.6) is 23.0 Å². The van der Waals surface area contributed by atoms with Gasteiger partial charge in [0.05, 0.1) is 48.1 Å². The van der Waals surface area contributed by atoms with Crippen LogP contribution >= 0.6 is 11.6 Å². The van der Waals surface area contributed by atoms with Crippen molar-refractivity contribution >= 4 is 35.6 Å². The van der Waals surface area contributed by atoms with E-state index in [9.17, 15) is 19.2 Å². The average molecular weight is 1020 g/mol. The van der Waals surface area contributed by atoms with Gasteiger partial charge in [0.15, 0.2) is 23.0 Å². The minimum Gasteiger partial charge on any atom is -0.490 e. The smallest absolute Gasteiger partial charge is 0.410 e. The number of ether oxygens (including phenoxy) is 8. The minimum atomic E-state index is -0.579. The molecule has 2 heterocycles. The van der Waals surface area contributed by atoms with E-state index in [-0.39, 0.29) is 60.4 Å². The number of carbonyl (C=O) groups is 4. The minimum absolute atomic E-state index is 0.0221. The van der Waals surface area contributed by atoms with Gasteiger partial charge in [0.1, 0.15) is 11.2 Å². The van der Waals surface area contributed by atoms with Crippen molar-refractivity contribution in [3.05, 3.63) is 46.5 Å². The molecule has 71 heavy (non-hydrogen) atoms. The quantitative estimate of drug-likeness (QED) is 0.116. The molecule has 2 aliphatic heterocycles. The zero-order valence-electron chi connectivity index (χ0n) is 45.8. The van der Waals surface area contributed by atoms with E-state index >= 15 is 0 Å². The number of halogens is 1. The number of piperidine rings is 2. The van der Waals surface area contributed by atoms with Crippen molar-refractivity contribution in [1.29, 1.82) is 0 Å². The highest BCUT2D eigenvalue weighted by molar-refractivity contribution is 6.34. The third-order valence-corrected chi connectivity index (χ3v) is 11.5. The Hall–Kier alpha value is -4.67. The Balaban J connectivity index is 0.000000375. The lowest BCUT2D eigenvalue weighted by atomic mass is 10.0. The zero-order valence-corrected chi connectivity index (χ0v) is 46.6. The third kappa shape index (κ3) is 20.0. The zero-order chi connectivity index (χ0) is 53.2. The standard InChI is InChI=1S/C27H43ClN2O6.C27H44N2O6/c1-18(2)30(20-11-9-12-29(17-20)26(32)36-27(5,6)7)25(31)21-15-23(34-14-10-13-33-8)24(16-22(21)28)35-19(3)4;1-19(2)29(22-11-9-14-28(18-22)26(31)35-27(5,6)7)25(30)21-12-13-23(34-20(3)4)24(17-21)33-16-10-15-32-8/h15-16,18-20H,9-14,17H2,1-8H3;12-13,17,19-20,22H,9-11,14-16,18H2,1-8H3/t20-;22-/m11/s1.